The third-order valence-electron chi connectivity index (χ3n) is 4.82. The van der Waals surface area contributed by atoms with Crippen molar-refractivity contribution in [2.75, 3.05) is 13.1 Å². The molecule has 0 aliphatic carbocycles. The molecule has 2 N–H and O–H groups in total. The maximum atomic E-state index is 12.6. The van der Waals surface area contributed by atoms with Gasteiger partial charge < -0.3 is 10.6 Å². The summed E-state index contributed by atoms with van der Waals surface area (Å²) in [5, 5.41) is 4.57. The molecule has 0 aromatic carbocycles. The van der Waals surface area contributed by atoms with Crippen LogP contribution in [0.3, 0.4) is 0 Å². The van der Waals surface area contributed by atoms with Crippen LogP contribution in [0.5, 0.6) is 0 Å². The van der Waals surface area contributed by atoms with Crippen molar-refractivity contribution in [2.45, 2.75) is 53.0 Å². The van der Waals surface area contributed by atoms with Crippen LogP contribution in [-0.2, 0) is 11.2 Å². The van der Waals surface area contributed by atoms with Gasteiger partial charge in [0.05, 0.1) is 12.1 Å². The van der Waals surface area contributed by atoms with Crippen molar-refractivity contribution >= 4 is 5.91 Å². The molecule has 2 aromatic rings. The van der Waals surface area contributed by atoms with E-state index in [9.17, 15) is 4.79 Å². The number of rotatable bonds is 3. The van der Waals surface area contributed by atoms with Crippen molar-refractivity contribution in [3.63, 3.8) is 0 Å². The number of amides is 1. The molecule has 2 aromatic heterocycles. The summed E-state index contributed by atoms with van der Waals surface area (Å²) in [6.07, 6.45) is 2.11. The lowest BCUT2D eigenvalue weighted by Gasteiger charge is -2.30. The van der Waals surface area contributed by atoms with E-state index in [1.54, 1.807) is 4.68 Å². The van der Waals surface area contributed by atoms with Crippen LogP contribution in [-0.4, -0.2) is 49.7 Å². The predicted octanol–water partition coefficient (Wildman–Crippen LogP) is 1.39. The van der Waals surface area contributed by atoms with Crippen LogP contribution in [0.1, 0.15) is 41.2 Å². The van der Waals surface area contributed by atoms with Crippen LogP contribution in [0.15, 0.2) is 6.07 Å². The SMILES string of the molecule is Cc1cc(C)nc(-n2nc(C)c(CC(=O)N3CCC(N)CC3)c2C)n1. The second kappa shape index (κ2) is 6.92. The number of aromatic nitrogens is 4. The Morgan fingerprint density at radius 2 is 1.76 bits per heavy atom. The van der Waals surface area contributed by atoms with Crippen LogP contribution < -0.4 is 5.73 Å². The average molecular weight is 342 g/mol. The highest BCUT2D eigenvalue weighted by Gasteiger charge is 2.23. The summed E-state index contributed by atoms with van der Waals surface area (Å²) in [7, 11) is 0. The van der Waals surface area contributed by atoms with Crippen molar-refractivity contribution in [1.29, 1.82) is 0 Å². The predicted molar refractivity (Wildman–Crippen MR) is 95.6 cm³/mol. The number of nitrogens with zero attached hydrogens (tertiary/aromatic N) is 5. The maximum Gasteiger partial charge on any atom is 0.251 e. The lowest BCUT2D eigenvalue weighted by atomic mass is 10.0. The number of hydrogen-bond acceptors (Lipinski definition) is 5. The third-order valence-corrected chi connectivity index (χ3v) is 4.82. The summed E-state index contributed by atoms with van der Waals surface area (Å²) in [6, 6.07) is 2.15. The number of piperidine rings is 1. The van der Waals surface area contributed by atoms with Crippen molar-refractivity contribution in [2.24, 2.45) is 5.73 Å². The lowest BCUT2D eigenvalue weighted by molar-refractivity contribution is -0.131. The van der Waals surface area contributed by atoms with Gasteiger partial charge in [-0.15, -0.1) is 0 Å². The zero-order valence-corrected chi connectivity index (χ0v) is 15.4. The summed E-state index contributed by atoms with van der Waals surface area (Å²) >= 11 is 0. The van der Waals surface area contributed by atoms with Crippen LogP contribution in [0.2, 0.25) is 0 Å². The molecule has 0 spiro atoms. The van der Waals surface area contributed by atoms with Gasteiger partial charge in [0.25, 0.3) is 5.95 Å². The standard InChI is InChI=1S/C18H26N6O/c1-11-9-12(2)21-18(20-11)24-14(4)16(13(3)22-24)10-17(25)23-7-5-15(19)6-8-23/h9,15H,5-8,10,19H2,1-4H3. The highest BCUT2D eigenvalue weighted by molar-refractivity contribution is 5.79. The lowest BCUT2D eigenvalue weighted by Crippen LogP contribution is -2.43. The van der Waals surface area contributed by atoms with E-state index in [0.29, 0.717) is 12.4 Å². The Hall–Kier alpha value is -2.28. The molecule has 3 heterocycles. The Kier molecular flexibility index (Phi) is 4.85. The minimum absolute atomic E-state index is 0.138. The zero-order chi connectivity index (χ0) is 18.1. The summed E-state index contributed by atoms with van der Waals surface area (Å²) in [5.74, 6) is 0.694. The van der Waals surface area contributed by atoms with Gasteiger partial charge >= 0.3 is 0 Å². The van der Waals surface area contributed by atoms with Crippen molar-refractivity contribution in [3.8, 4) is 5.95 Å². The van der Waals surface area contributed by atoms with Gasteiger partial charge in [-0.25, -0.2) is 14.6 Å². The number of aryl methyl sites for hydroxylation is 3. The zero-order valence-electron chi connectivity index (χ0n) is 15.4. The molecule has 0 radical (unpaired) electrons. The normalized spacial score (nSPS) is 15.6. The minimum Gasteiger partial charge on any atom is -0.342 e. The Bertz CT molecular complexity index is 769. The highest BCUT2D eigenvalue weighted by Crippen LogP contribution is 2.19. The van der Waals surface area contributed by atoms with E-state index in [1.165, 1.54) is 0 Å². The van der Waals surface area contributed by atoms with Gasteiger partial charge in [0.2, 0.25) is 5.91 Å². The van der Waals surface area contributed by atoms with Crippen LogP contribution >= 0.6 is 0 Å². The van der Waals surface area contributed by atoms with E-state index in [0.717, 1.165) is 54.3 Å². The molecule has 1 amide bonds. The number of carbonyl (C=O) groups is 1. The molecule has 7 heteroatoms. The van der Waals surface area contributed by atoms with Gasteiger partial charge in [-0.2, -0.15) is 5.10 Å². The summed E-state index contributed by atoms with van der Waals surface area (Å²) < 4.78 is 1.74. The van der Waals surface area contributed by atoms with E-state index >= 15 is 0 Å². The molecular formula is C18H26N6O. The Morgan fingerprint density at radius 3 is 2.36 bits per heavy atom. The summed E-state index contributed by atoms with van der Waals surface area (Å²) in [5.41, 5.74) is 10.5. The fourth-order valence-corrected chi connectivity index (χ4v) is 3.34. The molecule has 3 rings (SSSR count). The molecule has 1 saturated heterocycles. The quantitative estimate of drug-likeness (QED) is 0.910. The smallest absolute Gasteiger partial charge is 0.251 e. The number of carbonyl (C=O) groups excluding carboxylic acids is 1. The van der Waals surface area contributed by atoms with Gasteiger partial charge in [-0.05, 0) is 46.6 Å². The van der Waals surface area contributed by atoms with Gasteiger partial charge in [0.15, 0.2) is 0 Å². The van der Waals surface area contributed by atoms with E-state index in [1.807, 2.05) is 38.7 Å². The molecule has 7 nitrogen and oxygen atoms in total. The fraction of sp³-hybridized carbons (Fsp3) is 0.556. The fourth-order valence-electron chi connectivity index (χ4n) is 3.34. The second-order valence-corrected chi connectivity index (χ2v) is 6.91. The Labute approximate surface area is 148 Å². The van der Waals surface area contributed by atoms with E-state index < -0.39 is 0 Å². The van der Waals surface area contributed by atoms with E-state index in [-0.39, 0.29) is 11.9 Å². The van der Waals surface area contributed by atoms with Crippen LogP contribution in [0, 0.1) is 27.7 Å². The van der Waals surface area contributed by atoms with Gasteiger partial charge in [0.1, 0.15) is 0 Å². The van der Waals surface area contributed by atoms with Crippen LogP contribution in [0.25, 0.3) is 5.95 Å². The largest absolute Gasteiger partial charge is 0.342 e. The summed E-state index contributed by atoms with van der Waals surface area (Å²) in [6.45, 7) is 9.26. The molecular weight excluding hydrogens is 316 g/mol. The number of nitrogens with two attached hydrogens (primary N) is 1. The minimum atomic E-state index is 0.138. The molecule has 1 aliphatic heterocycles. The monoisotopic (exact) mass is 342 g/mol. The first-order valence-electron chi connectivity index (χ1n) is 8.76. The molecule has 0 saturated carbocycles. The van der Waals surface area contributed by atoms with Crippen LogP contribution in [0.4, 0.5) is 0 Å². The first-order chi connectivity index (χ1) is 11.8. The van der Waals surface area contributed by atoms with Gasteiger partial charge in [0, 0.05) is 41.8 Å². The second-order valence-electron chi connectivity index (χ2n) is 6.91. The highest BCUT2D eigenvalue weighted by atomic mass is 16.2. The van der Waals surface area contributed by atoms with Gasteiger partial charge in [-0.1, -0.05) is 0 Å². The van der Waals surface area contributed by atoms with Crippen molar-refractivity contribution in [1.82, 2.24) is 24.6 Å². The van der Waals surface area contributed by atoms with Crippen molar-refractivity contribution < 1.29 is 4.79 Å². The first-order valence-corrected chi connectivity index (χ1v) is 8.76. The molecule has 0 atom stereocenters. The molecule has 25 heavy (non-hydrogen) atoms. The summed E-state index contributed by atoms with van der Waals surface area (Å²) in [4.78, 5) is 23.5. The first kappa shape index (κ1) is 17.5. The number of hydrogen-bond donors (Lipinski definition) is 1. The van der Waals surface area contributed by atoms with Gasteiger partial charge in [-0.3, -0.25) is 4.79 Å². The molecule has 1 aliphatic rings. The van der Waals surface area contributed by atoms with E-state index in [4.69, 9.17) is 5.73 Å². The Morgan fingerprint density at radius 1 is 1.16 bits per heavy atom. The molecule has 134 valence electrons. The topological polar surface area (TPSA) is 89.9 Å². The number of likely N-dealkylation sites (tertiary alicyclic amines) is 1. The van der Waals surface area contributed by atoms with E-state index in [2.05, 4.69) is 15.1 Å². The van der Waals surface area contributed by atoms with Crippen molar-refractivity contribution in [3.05, 3.63) is 34.4 Å². The molecule has 0 bridgehead atoms. The maximum absolute atomic E-state index is 12.6. The third kappa shape index (κ3) is 3.71. The molecule has 0 unspecified atom stereocenters. The Balaban J connectivity index is 1.83. The average Bonchev–Trinajstić information content (AvgIpc) is 2.82. The molecule has 1 fully saturated rings.